The first-order valence-corrected chi connectivity index (χ1v) is 6.62. The summed E-state index contributed by atoms with van der Waals surface area (Å²) in [6.45, 7) is 3.86. The summed E-state index contributed by atoms with van der Waals surface area (Å²) < 4.78 is 18.4. The van der Waals surface area contributed by atoms with Crippen LogP contribution in [-0.4, -0.2) is 18.6 Å². The van der Waals surface area contributed by atoms with E-state index in [0.717, 1.165) is 24.8 Å². The Labute approximate surface area is 113 Å². The Morgan fingerprint density at radius 1 is 1.47 bits per heavy atom. The van der Waals surface area contributed by atoms with Crippen LogP contribution in [0.25, 0.3) is 0 Å². The maximum atomic E-state index is 13.5. The highest BCUT2D eigenvalue weighted by Crippen LogP contribution is 2.39. The first-order valence-electron chi connectivity index (χ1n) is 6.62. The molecule has 0 amide bonds. The van der Waals surface area contributed by atoms with Crippen LogP contribution in [0, 0.1) is 18.7 Å². The van der Waals surface area contributed by atoms with E-state index in [0.29, 0.717) is 5.69 Å². The zero-order chi connectivity index (χ0) is 14.0. The van der Waals surface area contributed by atoms with E-state index in [-0.39, 0.29) is 17.7 Å². The zero-order valence-corrected chi connectivity index (χ0v) is 11.6. The van der Waals surface area contributed by atoms with Crippen LogP contribution in [-0.2, 0) is 9.53 Å². The lowest BCUT2D eigenvalue weighted by Gasteiger charge is -2.33. The van der Waals surface area contributed by atoms with Crippen LogP contribution < -0.4 is 5.32 Å². The van der Waals surface area contributed by atoms with Crippen LogP contribution in [0.2, 0.25) is 0 Å². The summed E-state index contributed by atoms with van der Waals surface area (Å²) in [5, 5.41) is 3.22. The molecule has 0 radical (unpaired) electrons. The zero-order valence-electron chi connectivity index (χ0n) is 11.6. The van der Waals surface area contributed by atoms with Crippen LogP contribution in [0.4, 0.5) is 10.1 Å². The summed E-state index contributed by atoms with van der Waals surface area (Å²) in [6, 6.07) is 4.73. The van der Waals surface area contributed by atoms with Gasteiger partial charge in [0.2, 0.25) is 0 Å². The number of nitrogens with one attached hydrogen (secondary N) is 1. The number of hydrogen-bond acceptors (Lipinski definition) is 3. The monoisotopic (exact) mass is 265 g/mol. The van der Waals surface area contributed by atoms with Crippen molar-refractivity contribution in [1.29, 1.82) is 0 Å². The van der Waals surface area contributed by atoms with Gasteiger partial charge in [-0.3, -0.25) is 0 Å². The number of carbonyl (C=O) groups is 1. The smallest absolute Gasteiger partial charge is 0.331 e. The Hall–Kier alpha value is -1.58. The highest BCUT2D eigenvalue weighted by Gasteiger charge is 2.47. The molecule has 0 aliphatic heterocycles. The van der Waals surface area contributed by atoms with Gasteiger partial charge in [0.25, 0.3) is 0 Å². The molecule has 1 aromatic rings. The molecule has 0 aromatic heterocycles. The quantitative estimate of drug-likeness (QED) is 0.852. The van der Waals surface area contributed by atoms with Gasteiger partial charge in [0.15, 0.2) is 0 Å². The van der Waals surface area contributed by atoms with Crippen molar-refractivity contribution in [2.45, 2.75) is 38.6 Å². The molecule has 4 heteroatoms. The topological polar surface area (TPSA) is 38.3 Å². The Morgan fingerprint density at radius 3 is 2.74 bits per heavy atom. The SMILES string of the molecule is COC(=O)C1(Nc2cc(C)cc(F)c2)CCCC1C. The number of methoxy groups -OCH3 is 1. The normalized spacial score (nSPS) is 26.2. The average molecular weight is 265 g/mol. The molecule has 2 unspecified atom stereocenters. The highest BCUT2D eigenvalue weighted by molar-refractivity contribution is 5.85. The molecular weight excluding hydrogens is 245 g/mol. The molecular formula is C15H20FNO2. The number of aryl methyl sites for hydroxylation is 1. The number of ether oxygens (including phenoxy) is 1. The summed E-state index contributed by atoms with van der Waals surface area (Å²) in [4.78, 5) is 12.1. The first kappa shape index (κ1) is 13.8. The lowest BCUT2D eigenvalue weighted by atomic mass is 9.88. The fraction of sp³-hybridized carbons (Fsp3) is 0.533. The molecule has 1 aliphatic rings. The average Bonchev–Trinajstić information content (AvgIpc) is 2.69. The van der Waals surface area contributed by atoms with Crippen molar-refractivity contribution < 1.29 is 13.9 Å². The van der Waals surface area contributed by atoms with Gasteiger partial charge in [0, 0.05) is 5.69 Å². The number of esters is 1. The second-order valence-corrected chi connectivity index (χ2v) is 5.40. The molecule has 0 heterocycles. The van der Waals surface area contributed by atoms with Crippen molar-refractivity contribution in [3.8, 4) is 0 Å². The fourth-order valence-corrected chi connectivity index (χ4v) is 2.97. The molecule has 1 N–H and O–H groups in total. The van der Waals surface area contributed by atoms with E-state index < -0.39 is 5.54 Å². The van der Waals surface area contributed by atoms with E-state index in [4.69, 9.17) is 4.74 Å². The highest BCUT2D eigenvalue weighted by atomic mass is 19.1. The molecule has 1 saturated carbocycles. The van der Waals surface area contributed by atoms with Gasteiger partial charge in [-0.25, -0.2) is 9.18 Å². The van der Waals surface area contributed by atoms with E-state index in [1.54, 1.807) is 0 Å². The Balaban J connectivity index is 2.33. The molecule has 1 aromatic carbocycles. The lowest BCUT2D eigenvalue weighted by molar-refractivity contribution is -0.147. The minimum atomic E-state index is -0.727. The molecule has 104 valence electrons. The van der Waals surface area contributed by atoms with Gasteiger partial charge in [-0.2, -0.15) is 0 Å². The molecule has 1 aliphatic carbocycles. The van der Waals surface area contributed by atoms with Crippen molar-refractivity contribution in [1.82, 2.24) is 0 Å². The number of hydrogen-bond donors (Lipinski definition) is 1. The molecule has 0 spiro atoms. The van der Waals surface area contributed by atoms with E-state index in [9.17, 15) is 9.18 Å². The summed E-state index contributed by atoms with van der Waals surface area (Å²) in [6.07, 6.45) is 2.66. The fourth-order valence-electron chi connectivity index (χ4n) is 2.97. The van der Waals surface area contributed by atoms with Gasteiger partial charge in [-0.1, -0.05) is 13.3 Å². The molecule has 3 nitrogen and oxygen atoms in total. The van der Waals surface area contributed by atoms with Crippen LogP contribution in [0.15, 0.2) is 18.2 Å². The Bertz CT molecular complexity index is 469. The van der Waals surface area contributed by atoms with Gasteiger partial charge in [-0.15, -0.1) is 0 Å². The van der Waals surface area contributed by atoms with Crippen LogP contribution in [0.1, 0.15) is 31.7 Å². The number of benzene rings is 1. The van der Waals surface area contributed by atoms with E-state index in [1.165, 1.54) is 19.2 Å². The standard InChI is InChI=1S/C15H20FNO2/c1-10-7-12(16)9-13(8-10)17-15(14(18)19-3)6-4-5-11(15)2/h7-9,11,17H,4-6H2,1-3H3. The number of carbonyl (C=O) groups excluding carboxylic acids is 1. The van der Waals surface area contributed by atoms with Crippen LogP contribution >= 0.6 is 0 Å². The van der Waals surface area contributed by atoms with Gasteiger partial charge < -0.3 is 10.1 Å². The van der Waals surface area contributed by atoms with Crippen molar-refractivity contribution in [2.24, 2.45) is 5.92 Å². The van der Waals surface area contributed by atoms with Gasteiger partial charge in [0.1, 0.15) is 11.4 Å². The lowest BCUT2D eigenvalue weighted by Crippen LogP contribution is -2.49. The largest absolute Gasteiger partial charge is 0.467 e. The van der Waals surface area contributed by atoms with Gasteiger partial charge in [-0.05, 0) is 49.4 Å². The summed E-state index contributed by atoms with van der Waals surface area (Å²) >= 11 is 0. The third-order valence-corrected chi connectivity index (χ3v) is 4.01. The summed E-state index contributed by atoms with van der Waals surface area (Å²) in [5.74, 6) is -0.392. The summed E-state index contributed by atoms with van der Waals surface area (Å²) in [7, 11) is 1.40. The Morgan fingerprint density at radius 2 is 2.21 bits per heavy atom. The second kappa shape index (κ2) is 5.19. The summed E-state index contributed by atoms with van der Waals surface area (Å²) in [5.41, 5.74) is 0.736. The van der Waals surface area contributed by atoms with Crippen molar-refractivity contribution in [3.05, 3.63) is 29.6 Å². The first-order chi connectivity index (χ1) is 8.98. The Kier molecular flexibility index (Phi) is 3.78. The van der Waals surface area contributed by atoms with Crippen molar-refractivity contribution >= 4 is 11.7 Å². The predicted molar refractivity (Wildman–Crippen MR) is 72.5 cm³/mol. The number of anilines is 1. The van der Waals surface area contributed by atoms with Crippen LogP contribution in [0.5, 0.6) is 0 Å². The minimum Gasteiger partial charge on any atom is -0.467 e. The number of halogens is 1. The second-order valence-electron chi connectivity index (χ2n) is 5.40. The molecule has 2 rings (SSSR count). The number of rotatable bonds is 3. The van der Waals surface area contributed by atoms with Crippen molar-refractivity contribution in [2.75, 3.05) is 12.4 Å². The van der Waals surface area contributed by atoms with Crippen molar-refractivity contribution in [3.63, 3.8) is 0 Å². The molecule has 0 saturated heterocycles. The molecule has 1 fully saturated rings. The third kappa shape index (κ3) is 2.57. The maximum absolute atomic E-state index is 13.5. The molecule has 0 bridgehead atoms. The van der Waals surface area contributed by atoms with Gasteiger partial charge >= 0.3 is 5.97 Å². The van der Waals surface area contributed by atoms with E-state index in [1.807, 2.05) is 19.9 Å². The van der Waals surface area contributed by atoms with E-state index in [2.05, 4.69) is 5.32 Å². The third-order valence-electron chi connectivity index (χ3n) is 4.01. The maximum Gasteiger partial charge on any atom is 0.331 e. The van der Waals surface area contributed by atoms with Gasteiger partial charge in [0.05, 0.1) is 7.11 Å². The molecule has 2 atom stereocenters. The minimum absolute atomic E-state index is 0.170. The predicted octanol–water partition coefficient (Wildman–Crippen LogP) is 3.28. The van der Waals surface area contributed by atoms with Crippen LogP contribution in [0.3, 0.4) is 0 Å². The van der Waals surface area contributed by atoms with E-state index >= 15 is 0 Å². The molecule has 19 heavy (non-hydrogen) atoms.